The Balaban J connectivity index is 1.56. The third-order valence-electron chi connectivity index (χ3n) is 3.76. The fraction of sp³-hybridized carbons (Fsp3) is 0.118. The van der Waals surface area contributed by atoms with Crippen LogP contribution in [0.4, 0.5) is 17.3 Å². The molecular formula is C17H17N9O3S. The van der Waals surface area contributed by atoms with Gasteiger partial charge < -0.3 is 11.2 Å². The van der Waals surface area contributed by atoms with Gasteiger partial charge in [-0.1, -0.05) is 17.8 Å². The number of anilines is 2. The van der Waals surface area contributed by atoms with Crippen LogP contribution < -0.4 is 16.6 Å². The van der Waals surface area contributed by atoms with E-state index in [9.17, 15) is 14.9 Å². The van der Waals surface area contributed by atoms with Gasteiger partial charge in [0.05, 0.1) is 16.4 Å². The van der Waals surface area contributed by atoms with Crippen LogP contribution in [0.3, 0.4) is 0 Å². The highest BCUT2D eigenvalue weighted by Gasteiger charge is 2.13. The predicted molar refractivity (Wildman–Crippen MR) is 113 cm³/mol. The van der Waals surface area contributed by atoms with Gasteiger partial charge in [0.15, 0.2) is 0 Å². The predicted octanol–water partition coefficient (Wildman–Crippen LogP) is 1.86. The molecule has 0 saturated carbocycles. The smallest absolute Gasteiger partial charge is 0.271 e. The second kappa shape index (κ2) is 9.47. The minimum absolute atomic E-state index is 0.0165. The van der Waals surface area contributed by atoms with Crippen LogP contribution in [0.1, 0.15) is 12.5 Å². The number of nitrogens with zero attached hydrogens (tertiary/aromatic N) is 6. The molecule has 0 aliphatic carbocycles. The van der Waals surface area contributed by atoms with Crippen LogP contribution in [-0.2, 0) is 4.79 Å². The van der Waals surface area contributed by atoms with Crippen molar-refractivity contribution in [3.63, 3.8) is 0 Å². The van der Waals surface area contributed by atoms with Gasteiger partial charge in [-0.05, 0) is 25.1 Å². The Kier molecular flexibility index (Phi) is 6.54. The number of hydrogen-bond donors (Lipinski definition) is 3. The van der Waals surface area contributed by atoms with Crippen molar-refractivity contribution >= 4 is 40.7 Å². The molecule has 0 unspecified atom stereocenters. The topological polar surface area (TPSA) is 166 Å². The number of aromatic nitrogens is 4. The summed E-state index contributed by atoms with van der Waals surface area (Å²) in [5, 5.41) is 25.7. The number of carbonyl (C=O) groups is 1. The normalized spacial score (nSPS) is 11.2. The average molecular weight is 427 g/mol. The van der Waals surface area contributed by atoms with E-state index in [-0.39, 0.29) is 23.3 Å². The molecule has 13 heteroatoms. The zero-order chi connectivity index (χ0) is 21.5. The summed E-state index contributed by atoms with van der Waals surface area (Å²) in [6.07, 6.45) is 3.32. The number of nitrogens with one attached hydrogen (secondary N) is 2. The van der Waals surface area contributed by atoms with Crippen LogP contribution in [0.2, 0.25) is 0 Å². The van der Waals surface area contributed by atoms with Crippen molar-refractivity contribution in [3.8, 4) is 0 Å². The highest BCUT2D eigenvalue weighted by Crippen LogP contribution is 2.19. The van der Waals surface area contributed by atoms with Crippen molar-refractivity contribution in [2.75, 3.05) is 22.3 Å². The minimum atomic E-state index is -0.533. The van der Waals surface area contributed by atoms with Crippen molar-refractivity contribution in [3.05, 3.63) is 64.5 Å². The molecule has 0 atom stereocenters. The average Bonchev–Trinajstić information content (AvgIpc) is 3.10. The zero-order valence-corrected chi connectivity index (χ0v) is 16.5. The van der Waals surface area contributed by atoms with Crippen LogP contribution >= 0.6 is 11.8 Å². The SMILES string of the molecule is C/C(=N\Nc1nnc(SCC(=O)Nc2cccc([N+](=O)[O-])c2)n1N)c1ccncc1. The van der Waals surface area contributed by atoms with E-state index >= 15 is 0 Å². The number of hydrazone groups is 1. The molecule has 0 radical (unpaired) electrons. The molecule has 0 spiro atoms. The molecule has 3 aromatic rings. The number of nitro groups is 1. The molecule has 2 aromatic heterocycles. The number of amides is 1. The quantitative estimate of drug-likeness (QED) is 0.160. The van der Waals surface area contributed by atoms with Gasteiger partial charge >= 0.3 is 0 Å². The fourth-order valence-electron chi connectivity index (χ4n) is 2.27. The molecule has 0 aliphatic rings. The van der Waals surface area contributed by atoms with Crippen molar-refractivity contribution in [1.82, 2.24) is 19.9 Å². The number of nitrogen functional groups attached to an aromatic ring is 1. The first-order chi connectivity index (χ1) is 14.4. The zero-order valence-electron chi connectivity index (χ0n) is 15.7. The minimum Gasteiger partial charge on any atom is -0.334 e. The molecule has 0 saturated heterocycles. The second-order valence-electron chi connectivity index (χ2n) is 5.87. The third kappa shape index (κ3) is 5.29. The molecule has 1 aromatic carbocycles. The Morgan fingerprint density at radius 1 is 1.30 bits per heavy atom. The number of carbonyl (C=O) groups excluding carboxylic acids is 1. The molecule has 154 valence electrons. The first kappa shape index (κ1) is 20.7. The lowest BCUT2D eigenvalue weighted by molar-refractivity contribution is -0.384. The summed E-state index contributed by atoms with van der Waals surface area (Å²) in [5.74, 6) is 5.75. The van der Waals surface area contributed by atoms with Crippen LogP contribution in [0.15, 0.2) is 59.0 Å². The van der Waals surface area contributed by atoms with Gasteiger partial charge in [-0.3, -0.25) is 19.9 Å². The van der Waals surface area contributed by atoms with Gasteiger partial charge in [-0.15, -0.1) is 10.2 Å². The van der Waals surface area contributed by atoms with E-state index in [1.807, 2.05) is 19.1 Å². The lowest BCUT2D eigenvalue weighted by Gasteiger charge is -2.05. The lowest BCUT2D eigenvalue weighted by Crippen LogP contribution is -2.17. The molecule has 2 heterocycles. The molecule has 0 fully saturated rings. The number of pyridine rings is 1. The molecule has 12 nitrogen and oxygen atoms in total. The number of hydrogen-bond acceptors (Lipinski definition) is 10. The summed E-state index contributed by atoms with van der Waals surface area (Å²) in [4.78, 5) is 26.3. The first-order valence-electron chi connectivity index (χ1n) is 8.52. The molecular weight excluding hydrogens is 410 g/mol. The maximum absolute atomic E-state index is 12.1. The summed E-state index contributed by atoms with van der Waals surface area (Å²) in [7, 11) is 0. The number of thioether (sulfide) groups is 1. The number of nitro benzene ring substituents is 1. The van der Waals surface area contributed by atoms with Crippen LogP contribution in [0.5, 0.6) is 0 Å². The van der Waals surface area contributed by atoms with E-state index < -0.39 is 4.92 Å². The summed E-state index contributed by atoms with van der Waals surface area (Å²) in [6.45, 7) is 1.81. The molecule has 3 rings (SSSR count). The summed E-state index contributed by atoms with van der Waals surface area (Å²) in [5.41, 5.74) is 4.53. The molecule has 30 heavy (non-hydrogen) atoms. The van der Waals surface area contributed by atoms with Crippen molar-refractivity contribution in [1.29, 1.82) is 0 Å². The largest absolute Gasteiger partial charge is 0.334 e. The third-order valence-corrected chi connectivity index (χ3v) is 4.70. The van der Waals surface area contributed by atoms with E-state index in [0.717, 1.165) is 17.3 Å². The second-order valence-corrected chi connectivity index (χ2v) is 6.81. The molecule has 1 amide bonds. The summed E-state index contributed by atoms with van der Waals surface area (Å²) in [6, 6.07) is 9.30. The Morgan fingerprint density at radius 2 is 2.07 bits per heavy atom. The number of benzene rings is 1. The van der Waals surface area contributed by atoms with Crippen LogP contribution in [0, 0.1) is 10.1 Å². The maximum Gasteiger partial charge on any atom is 0.271 e. The summed E-state index contributed by atoms with van der Waals surface area (Å²) >= 11 is 1.06. The standard InChI is InChI=1S/C17H17N9O3S/c1-11(12-5-7-19-8-6-12)21-22-16-23-24-17(25(16)18)30-10-15(27)20-13-3-2-4-14(9-13)26(28)29/h2-9H,10,18H2,1H3,(H,20,27)(H,22,23)/b21-11+. The van der Waals surface area contributed by atoms with Gasteiger partial charge in [-0.2, -0.15) is 5.10 Å². The van der Waals surface area contributed by atoms with E-state index in [4.69, 9.17) is 5.84 Å². The molecule has 0 bridgehead atoms. The van der Waals surface area contributed by atoms with E-state index in [1.54, 1.807) is 18.5 Å². The maximum atomic E-state index is 12.1. The number of rotatable bonds is 8. The number of nitrogens with two attached hydrogens (primary N) is 1. The Morgan fingerprint density at radius 3 is 2.80 bits per heavy atom. The number of non-ortho nitro benzene ring substituents is 1. The fourth-order valence-corrected chi connectivity index (χ4v) is 2.92. The highest BCUT2D eigenvalue weighted by atomic mass is 32.2. The van der Waals surface area contributed by atoms with E-state index in [2.05, 4.69) is 31.0 Å². The van der Waals surface area contributed by atoms with Gasteiger partial charge in [0, 0.05) is 35.8 Å². The van der Waals surface area contributed by atoms with Crippen LogP contribution in [0.25, 0.3) is 0 Å². The Bertz CT molecular complexity index is 1090. The Labute approximate surface area is 174 Å². The van der Waals surface area contributed by atoms with Gasteiger partial charge in [0.2, 0.25) is 11.1 Å². The monoisotopic (exact) mass is 427 g/mol. The lowest BCUT2D eigenvalue weighted by atomic mass is 10.2. The van der Waals surface area contributed by atoms with Crippen LogP contribution in [-0.4, -0.2) is 42.2 Å². The first-order valence-corrected chi connectivity index (χ1v) is 9.51. The van der Waals surface area contributed by atoms with Gasteiger partial charge in [0.1, 0.15) is 0 Å². The highest BCUT2D eigenvalue weighted by molar-refractivity contribution is 7.99. The van der Waals surface area contributed by atoms with E-state index in [0.29, 0.717) is 16.6 Å². The summed E-state index contributed by atoms with van der Waals surface area (Å²) < 4.78 is 1.18. The van der Waals surface area contributed by atoms with E-state index in [1.165, 1.54) is 22.9 Å². The molecule has 4 N–H and O–H groups in total. The van der Waals surface area contributed by atoms with Gasteiger partial charge in [0.25, 0.3) is 11.6 Å². The van der Waals surface area contributed by atoms with Crippen molar-refractivity contribution < 1.29 is 9.72 Å². The molecule has 0 aliphatic heterocycles. The van der Waals surface area contributed by atoms with Crippen molar-refractivity contribution in [2.24, 2.45) is 5.10 Å². The van der Waals surface area contributed by atoms with Gasteiger partial charge in [-0.25, -0.2) is 10.1 Å². The van der Waals surface area contributed by atoms with Crippen molar-refractivity contribution in [2.45, 2.75) is 12.1 Å². The Hall–Kier alpha value is -4.00.